The van der Waals surface area contributed by atoms with E-state index in [-0.39, 0.29) is 0 Å². The summed E-state index contributed by atoms with van der Waals surface area (Å²) in [6.07, 6.45) is 5.79. The molecule has 1 heteroatoms. The van der Waals surface area contributed by atoms with Gasteiger partial charge in [0.1, 0.15) is 0 Å². The van der Waals surface area contributed by atoms with Crippen LogP contribution in [0.3, 0.4) is 0 Å². The summed E-state index contributed by atoms with van der Waals surface area (Å²) in [7, 11) is 1.93. The Morgan fingerprint density at radius 2 is 1.93 bits per heavy atom. The summed E-state index contributed by atoms with van der Waals surface area (Å²) in [4.78, 5) is 0. The molecule has 15 heavy (non-hydrogen) atoms. The van der Waals surface area contributed by atoms with E-state index < -0.39 is 0 Å². The molecule has 0 saturated carbocycles. The van der Waals surface area contributed by atoms with Gasteiger partial charge in [0.05, 0.1) is 0 Å². The molecule has 0 bridgehead atoms. The fourth-order valence-corrected chi connectivity index (χ4v) is 1.28. The van der Waals surface area contributed by atoms with Gasteiger partial charge in [-0.1, -0.05) is 50.8 Å². The Kier molecular flexibility index (Phi) is 7.08. The first-order valence-electron chi connectivity index (χ1n) is 5.36. The lowest BCUT2D eigenvalue weighted by Crippen LogP contribution is -1.92. The topological polar surface area (TPSA) is 12.0 Å². The summed E-state index contributed by atoms with van der Waals surface area (Å²) in [6.45, 7) is 9.75. The van der Waals surface area contributed by atoms with Crippen molar-refractivity contribution in [1.29, 1.82) is 0 Å². The summed E-state index contributed by atoms with van der Waals surface area (Å²) in [5.74, 6) is 0. The number of allylic oxidation sites excluding steroid dienone is 2. The van der Waals surface area contributed by atoms with Crippen LogP contribution in [-0.4, -0.2) is 7.05 Å². The zero-order valence-corrected chi connectivity index (χ0v) is 10.2. The Bertz CT molecular complexity index is 324. The molecule has 0 aliphatic carbocycles. The van der Waals surface area contributed by atoms with Gasteiger partial charge in [0.15, 0.2) is 0 Å². The maximum absolute atomic E-state index is 3.65. The van der Waals surface area contributed by atoms with Crippen molar-refractivity contribution in [2.45, 2.75) is 20.8 Å². The number of hydrogen-bond acceptors (Lipinski definition) is 1. The normalized spacial score (nSPS) is 9.33. The zero-order valence-electron chi connectivity index (χ0n) is 10.2. The third-order valence-electron chi connectivity index (χ3n) is 1.99. The SMILES string of the molecule is C=C/C=C\c1c(C)cccc1NC.CC. The van der Waals surface area contributed by atoms with Gasteiger partial charge in [-0.05, 0) is 18.6 Å². The summed E-state index contributed by atoms with van der Waals surface area (Å²) in [5, 5.41) is 3.16. The molecule has 0 aromatic heterocycles. The molecule has 1 rings (SSSR count). The molecule has 1 aromatic carbocycles. The molecule has 1 nitrogen and oxygen atoms in total. The van der Waals surface area contributed by atoms with Gasteiger partial charge in [-0.2, -0.15) is 0 Å². The lowest BCUT2D eigenvalue weighted by Gasteiger charge is -2.07. The van der Waals surface area contributed by atoms with Crippen LogP contribution in [0.25, 0.3) is 6.08 Å². The lowest BCUT2D eigenvalue weighted by atomic mass is 10.1. The van der Waals surface area contributed by atoms with Crippen LogP contribution in [0.5, 0.6) is 0 Å². The molecule has 0 amide bonds. The van der Waals surface area contributed by atoms with Gasteiger partial charge in [-0.3, -0.25) is 0 Å². The molecule has 0 radical (unpaired) electrons. The minimum Gasteiger partial charge on any atom is -0.388 e. The van der Waals surface area contributed by atoms with E-state index in [1.54, 1.807) is 6.08 Å². The van der Waals surface area contributed by atoms with E-state index in [2.05, 4.69) is 37.0 Å². The average molecular weight is 203 g/mol. The lowest BCUT2D eigenvalue weighted by molar-refractivity contribution is 1.40. The van der Waals surface area contributed by atoms with Crippen molar-refractivity contribution >= 4 is 11.8 Å². The van der Waals surface area contributed by atoms with E-state index in [0.29, 0.717) is 0 Å². The molecule has 0 aliphatic heterocycles. The predicted molar refractivity (Wildman–Crippen MR) is 71.3 cm³/mol. The van der Waals surface area contributed by atoms with Gasteiger partial charge in [0.25, 0.3) is 0 Å². The summed E-state index contributed by atoms with van der Waals surface area (Å²) in [5.41, 5.74) is 3.65. The second-order valence-electron chi connectivity index (χ2n) is 2.88. The first-order chi connectivity index (χ1) is 7.29. The fourth-order valence-electron chi connectivity index (χ4n) is 1.28. The molecule has 0 spiro atoms. The third kappa shape index (κ3) is 4.03. The van der Waals surface area contributed by atoms with Gasteiger partial charge >= 0.3 is 0 Å². The minimum atomic E-state index is 1.15. The number of benzene rings is 1. The molecule has 0 fully saturated rings. The summed E-state index contributed by atoms with van der Waals surface area (Å²) in [6, 6.07) is 6.21. The van der Waals surface area contributed by atoms with Crippen molar-refractivity contribution in [3.05, 3.63) is 48.1 Å². The number of anilines is 1. The Hall–Kier alpha value is -1.50. The monoisotopic (exact) mass is 203 g/mol. The van der Waals surface area contributed by atoms with Gasteiger partial charge < -0.3 is 5.32 Å². The molecule has 0 heterocycles. The molecule has 1 N–H and O–H groups in total. The molecule has 0 atom stereocenters. The molecule has 0 saturated heterocycles. The van der Waals surface area contributed by atoms with E-state index in [4.69, 9.17) is 0 Å². The first-order valence-corrected chi connectivity index (χ1v) is 5.36. The Labute approximate surface area is 93.5 Å². The van der Waals surface area contributed by atoms with Crippen LogP contribution < -0.4 is 5.32 Å². The fraction of sp³-hybridized carbons (Fsp3) is 0.286. The second-order valence-corrected chi connectivity index (χ2v) is 2.88. The van der Waals surface area contributed by atoms with Crippen molar-refractivity contribution < 1.29 is 0 Å². The molecule has 0 aliphatic rings. The smallest absolute Gasteiger partial charge is 0.0413 e. The summed E-state index contributed by atoms with van der Waals surface area (Å²) >= 11 is 0. The maximum atomic E-state index is 3.65. The van der Waals surface area contributed by atoms with Crippen LogP contribution in [0.4, 0.5) is 5.69 Å². The molecular weight excluding hydrogens is 182 g/mol. The van der Waals surface area contributed by atoms with E-state index in [9.17, 15) is 0 Å². The Morgan fingerprint density at radius 1 is 1.27 bits per heavy atom. The highest BCUT2D eigenvalue weighted by Gasteiger charge is 1.98. The van der Waals surface area contributed by atoms with Crippen LogP contribution in [0, 0.1) is 6.92 Å². The minimum absolute atomic E-state index is 1.15. The van der Waals surface area contributed by atoms with Gasteiger partial charge in [0.2, 0.25) is 0 Å². The predicted octanol–water partition coefficient (Wildman–Crippen LogP) is 4.26. The number of aryl methyl sites for hydroxylation is 1. The van der Waals surface area contributed by atoms with Crippen molar-refractivity contribution in [1.82, 2.24) is 0 Å². The van der Waals surface area contributed by atoms with E-state index in [0.717, 1.165) is 5.69 Å². The van der Waals surface area contributed by atoms with E-state index in [1.807, 2.05) is 33.0 Å². The number of hydrogen-bond donors (Lipinski definition) is 1. The molecule has 0 unspecified atom stereocenters. The number of nitrogens with one attached hydrogen (secondary N) is 1. The van der Waals surface area contributed by atoms with Gasteiger partial charge in [0, 0.05) is 18.3 Å². The highest BCUT2D eigenvalue weighted by molar-refractivity contribution is 5.69. The number of rotatable bonds is 3. The quantitative estimate of drug-likeness (QED) is 0.724. The maximum Gasteiger partial charge on any atom is 0.0413 e. The average Bonchev–Trinajstić information content (AvgIpc) is 2.30. The Morgan fingerprint density at radius 3 is 2.47 bits per heavy atom. The molecule has 1 aromatic rings. The van der Waals surface area contributed by atoms with E-state index in [1.165, 1.54) is 11.1 Å². The van der Waals surface area contributed by atoms with Gasteiger partial charge in [-0.15, -0.1) is 0 Å². The van der Waals surface area contributed by atoms with Crippen LogP contribution in [0.1, 0.15) is 25.0 Å². The molecular formula is C14H21N. The zero-order chi connectivity index (χ0) is 11.7. The van der Waals surface area contributed by atoms with E-state index >= 15 is 0 Å². The standard InChI is InChI=1S/C12H15N.C2H6/c1-4-5-8-11-10(2)7-6-9-12(11)13-3;1-2/h4-9,13H,1H2,2-3H3;1-2H3/b8-5-;. The highest BCUT2D eigenvalue weighted by atomic mass is 14.8. The van der Waals surface area contributed by atoms with Crippen LogP contribution in [-0.2, 0) is 0 Å². The van der Waals surface area contributed by atoms with Gasteiger partial charge in [-0.25, -0.2) is 0 Å². The van der Waals surface area contributed by atoms with Crippen molar-refractivity contribution in [2.24, 2.45) is 0 Å². The second kappa shape index (κ2) is 7.86. The van der Waals surface area contributed by atoms with Crippen molar-refractivity contribution in [3.8, 4) is 0 Å². The Balaban J connectivity index is 0.000000921. The van der Waals surface area contributed by atoms with Crippen molar-refractivity contribution in [2.75, 3.05) is 12.4 Å². The molecule has 82 valence electrons. The largest absolute Gasteiger partial charge is 0.388 e. The first kappa shape index (κ1) is 13.5. The van der Waals surface area contributed by atoms with Crippen molar-refractivity contribution in [3.63, 3.8) is 0 Å². The third-order valence-corrected chi connectivity index (χ3v) is 1.99. The highest BCUT2D eigenvalue weighted by Crippen LogP contribution is 2.20. The van der Waals surface area contributed by atoms with Crippen LogP contribution in [0.15, 0.2) is 36.9 Å². The van der Waals surface area contributed by atoms with Crippen LogP contribution >= 0.6 is 0 Å². The summed E-state index contributed by atoms with van der Waals surface area (Å²) < 4.78 is 0. The van der Waals surface area contributed by atoms with Crippen LogP contribution in [0.2, 0.25) is 0 Å².